The molecule has 1 saturated heterocycles. The first-order chi connectivity index (χ1) is 12.8. The van der Waals surface area contributed by atoms with Crippen molar-refractivity contribution >= 4 is 11.8 Å². The predicted molar refractivity (Wildman–Crippen MR) is 89.1 cm³/mol. The van der Waals surface area contributed by atoms with Gasteiger partial charge in [-0.25, -0.2) is 4.79 Å². The summed E-state index contributed by atoms with van der Waals surface area (Å²) in [4.78, 5) is 30.9. The second kappa shape index (κ2) is 7.47. The quantitative estimate of drug-likeness (QED) is 0.763. The van der Waals surface area contributed by atoms with Crippen molar-refractivity contribution in [3.8, 4) is 0 Å². The molecule has 0 spiro atoms. The summed E-state index contributed by atoms with van der Waals surface area (Å²) in [6.07, 6.45) is -0.642. The molecule has 10 heteroatoms. The number of hydrogen-bond donors (Lipinski definition) is 0. The third-order valence-electron chi connectivity index (χ3n) is 4.39. The molecule has 0 unspecified atom stereocenters. The zero-order valence-corrected chi connectivity index (χ0v) is 14.6. The van der Waals surface area contributed by atoms with Gasteiger partial charge in [-0.15, -0.1) is 0 Å². The Hall–Kier alpha value is -2.75. The number of rotatable bonds is 3. The summed E-state index contributed by atoms with van der Waals surface area (Å²) in [5.41, 5.74) is -0.370. The summed E-state index contributed by atoms with van der Waals surface area (Å²) < 4.78 is 40.4. The van der Waals surface area contributed by atoms with Crippen molar-refractivity contribution in [1.82, 2.24) is 24.6 Å². The summed E-state index contributed by atoms with van der Waals surface area (Å²) >= 11 is 0. The number of carbonyl (C=O) groups excluding carboxylic acids is 2. The number of carbonyl (C=O) groups is 2. The Morgan fingerprint density at radius 2 is 1.85 bits per heavy atom. The maximum Gasteiger partial charge on any atom is 0.416 e. The van der Waals surface area contributed by atoms with E-state index in [9.17, 15) is 22.8 Å². The van der Waals surface area contributed by atoms with E-state index in [0.29, 0.717) is 26.2 Å². The minimum absolute atomic E-state index is 0.112. The van der Waals surface area contributed by atoms with Gasteiger partial charge in [0.25, 0.3) is 0 Å². The van der Waals surface area contributed by atoms with Crippen molar-refractivity contribution in [3.05, 3.63) is 47.5 Å². The van der Waals surface area contributed by atoms with E-state index in [-0.39, 0.29) is 29.6 Å². The van der Waals surface area contributed by atoms with E-state index in [1.54, 1.807) is 4.90 Å². The summed E-state index contributed by atoms with van der Waals surface area (Å²) in [6.45, 7) is 3.05. The van der Waals surface area contributed by atoms with Gasteiger partial charge in [-0.2, -0.15) is 23.0 Å². The number of ketones is 1. The highest BCUT2D eigenvalue weighted by Crippen LogP contribution is 2.32. The number of amides is 1. The fourth-order valence-corrected chi connectivity index (χ4v) is 2.93. The standard InChI is InChI=1S/C17H18F3N5O2/c1-12(26)15-3-5-25(22-15)16(27)24-8-6-23(7-9-24)11-13-10-21-4-2-14(13)17(18,19)20/h2-5,10H,6-9,11H2,1H3. The Kier molecular flexibility index (Phi) is 5.26. The second-order valence-electron chi connectivity index (χ2n) is 6.28. The number of nitrogens with zero attached hydrogens (tertiary/aromatic N) is 5. The molecule has 3 rings (SSSR count). The monoisotopic (exact) mass is 381 g/mol. The first-order valence-electron chi connectivity index (χ1n) is 8.34. The number of pyridine rings is 1. The van der Waals surface area contributed by atoms with Gasteiger partial charge in [0.15, 0.2) is 5.78 Å². The summed E-state index contributed by atoms with van der Waals surface area (Å²) in [6, 6.07) is 2.08. The number of aromatic nitrogens is 3. The molecule has 1 fully saturated rings. The average molecular weight is 381 g/mol. The van der Waals surface area contributed by atoms with Crippen LogP contribution in [0.5, 0.6) is 0 Å². The van der Waals surface area contributed by atoms with E-state index in [1.165, 1.54) is 25.4 Å². The van der Waals surface area contributed by atoms with Crippen LogP contribution >= 0.6 is 0 Å². The predicted octanol–water partition coefficient (Wildman–Crippen LogP) is 2.29. The van der Waals surface area contributed by atoms with Gasteiger partial charge in [-0.1, -0.05) is 0 Å². The van der Waals surface area contributed by atoms with Crippen molar-refractivity contribution in [2.24, 2.45) is 0 Å². The van der Waals surface area contributed by atoms with E-state index >= 15 is 0 Å². The van der Waals surface area contributed by atoms with Crippen molar-refractivity contribution < 1.29 is 22.8 Å². The normalized spacial score (nSPS) is 15.8. The molecule has 7 nitrogen and oxygen atoms in total. The van der Waals surface area contributed by atoms with Gasteiger partial charge in [-0.3, -0.25) is 14.7 Å². The zero-order valence-electron chi connectivity index (χ0n) is 14.6. The van der Waals surface area contributed by atoms with Crippen LogP contribution in [0.1, 0.15) is 28.5 Å². The van der Waals surface area contributed by atoms with Crippen LogP contribution in [0.3, 0.4) is 0 Å². The highest BCUT2D eigenvalue weighted by molar-refractivity contribution is 5.92. The van der Waals surface area contributed by atoms with Crippen molar-refractivity contribution in [3.63, 3.8) is 0 Å². The van der Waals surface area contributed by atoms with E-state index in [0.717, 1.165) is 16.9 Å². The maximum atomic E-state index is 13.1. The molecule has 27 heavy (non-hydrogen) atoms. The van der Waals surface area contributed by atoms with E-state index in [2.05, 4.69) is 10.1 Å². The SMILES string of the molecule is CC(=O)c1ccn(C(=O)N2CCN(Cc3cnccc3C(F)(F)F)CC2)n1. The molecule has 0 bridgehead atoms. The molecule has 0 aliphatic carbocycles. The Bertz CT molecular complexity index is 841. The Morgan fingerprint density at radius 3 is 2.44 bits per heavy atom. The van der Waals surface area contributed by atoms with Crippen molar-refractivity contribution in [1.29, 1.82) is 0 Å². The first-order valence-corrected chi connectivity index (χ1v) is 8.34. The molecule has 0 radical (unpaired) electrons. The zero-order chi connectivity index (χ0) is 19.6. The van der Waals surface area contributed by atoms with Crippen LogP contribution in [0, 0.1) is 0 Å². The van der Waals surface area contributed by atoms with Gasteiger partial charge in [0, 0.05) is 58.2 Å². The maximum absolute atomic E-state index is 13.1. The Labute approximate surface area is 153 Å². The molecule has 2 aromatic rings. The lowest BCUT2D eigenvalue weighted by atomic mass is 10.1. The van der Waals surface area contributed by atoms with Gasteiger partial charge < -0.3 is 4.90 Å². The molecular weight excluding hydrogens is 363 g/mol. The van der Waals surface area contributed by atoms with Gasteiger partial charge in [-0.05, 0) is 17.7 Å². The van der Waals surface area contributed by atoms with Crippen LogP contribution in [0.25, 0.3) is 0 Å². The number of Topliss-reactive ketones (excluding diaryl/α,β-unsaturated/α-hetero) is 1. The number of piperazine rings is 1. The van der Waals surface area contributed by atoms with E-state index < -0.39 is 11.7 Å². The second-order valence-corrected chi connectivity index (χ2v) is 6.28. The summed E-state index contributed by atoms with van der Waals surface area (Å²) in [5.74, 6) is -0.233. The van der Waals surface area contributed by atoms with Crippen LogP contribution in [0.15, 0.2) is 30.7 Å². The minimum atomic E-state index is -4.43. The molecule has 144 valence electrons. The average Bonchev–Trinajstić information content (AvgIpc) is 3.12. The van der Waals surface area contributed by atoms with Crippen molar-refractivity contribution in [2.75, 3.05) is 26.2 Å². The lowest BCUT2D eigenvalue weighted by Gasteiger charge is -2.34. The highest BCUT2D eigenvalue weighted by Gasteiger charge is 2.34. The van der Waals surface area contributed by atoms with Gasteiger partial charge in [0.05, 0.1) is 5.56 Å². The lowest BCUT2D eigenvalue weighted by Crippen LogP contribution is -2.49. The van der Waals surface area contributed by atoms with Crippen LogP contribution < -0.4 is 0 Å². The number of hydrogen-bond acceptors (Lipinski definition) is 5. The molecule has 2 aromatic heterocycles. The van der Waals surface area contributed by atoms with Crippen molar-refractivity contribution in [2.45, 2.75) is 19.6 Å². The highest BCUT2D eigenvalue weighted by atomic mass is 19.4. The molecule has 1 aliphatic rings. The van der Waals surface area contributed by atoms with Gasteiger partial charge >= 0.3 is 12.2 Å². The largest absolute Gasteiger partial charge is 0.416 e. The van der Waals surface area contributed by atoms with Crippen LogP contribution in [-0.4, -0.2) is 62.6 Å². The third-order valence-corrected chi connectivity index (χ3v) is 4.39. The van der Waals surface area contributed by atoms with Crippen LogP contribution in [-0.2, 0) is 12.7 Å². The fraction of sp³-hybridized carbons (Fsp3) is 0.412. The lowest BCUT2D eigenvalue weighted by molar-refractivity contribution is -0.138. The fourth-order valence-electron chi connectivity index (χ4n) is 2.93. The summed E-state index contributed by atoms with van der Waals surface area (Å²) in [7, 11) is 0. The molecule has 0 N–H and O–H groups in total. The Morgan fingerprint density at radius 1 is 1.15 bits per heavy atom. The first kappa shape index (κ1) is 19.0. The smallest absolute Gasteiger partial charge is 0.320 e. The minimum Gasteiger partial charge on any atom is -0.320 e. The molecule has 0 atom stereocenters. The molecule has 0 saturated carbocycles. The molecule has 1 amide bonds. The number of alkyl halides is 3. The Balaban J connectivity index is 1.61. The van der Waals surface area contributed by atoms with E-state index in [1.807, 2.05) is 4.90 Å². The number of halogens is 3. The van der Waals surface area contributed by atoms with Crippen LogP contribution in [0.4, 0.5) is 18.0 Å². The van der Waals surface area contributed by atoms with Gasteiger partial charge in [0.1, 0.15) is 5.69 Å². The van der Waals surface area contributed by atoms with E-state index in [4.69, 9.17) is 0 Å². The summed E-state index contributed by atoms with van der Waals surface area (Å²) in [5, 5.41) is 3.94. The van der Waals surface area contributed by atoms with Crippen LogP contribution in [0.2, 0.25) is 0 Å². The van der Waals surface area contributed by atoms with Gasteiger partial charge in [0.2, 0.25) is 0 Å². The molecule has 1 aliphatic heterocycles. The topological polar surface area (TPSA) is 71.3 Å². The molecule has 0 aromatic carbocycles. The molecule has 3 heterocycles. The molecular formula is C17H18F3N5O2. The third kappa shape index (κ3) is 4.33.